The second kappa shape index (κ2) is 7.46. The lowest BCUT2D eigenvalue weighted by Crippen LogP contribution is -2.45. The predicted molar refractivity (Wildman–Crippen MR) is 92.7 cm³/mol. The van der Waals surface area contributed by atoms with Gasteiger partial charge in [-0.25, -0.2) is 0 Å². The van der Waals surface area contributed by atoms with E-state index in [4.69, 9.17) is 0 Å². The Morgan fingerprint density at radius 3 is 2.14 bits per heavy atom. The summed E-state index contributed by atoms with van der Waals surface area (Å²) >= 11 is 0. The van der Waals surface area contributed by atoms with Crippen LogP contribution in [-0.2, 0) is 0 Å². The third-order valence-corrected chi connectivity index (χ3v) is 6.06. The van der Waals surface area contributed by atoms with Crippen LogP contribution in [0.3, 0.4) is 0 Å². The van der Waals surface area contributed by atoms with Gasteiger partial charge >= 0.3 is 0 Å². The molecule has 2 rings (SSSR count). The zero-order chi connectivity index (χ0) is 15.3. The van der Waals surface area contributed by atoms with Gasteiger partial charge in [0, 0.05) is 6.04 Å². The van der Waals surface area contributed by atoms with Crippen LogP contribution in [0.5, 0.6) is 0 Å². The molecule has 0 radical (unpaired) electrons. The van der Waals surface area contributed by atoms with Gasteiger partial charge in [0.2, 0.25) is 0 Å². The van der Waals surface area contributed by atoms with Gasteiger partial charge in [-0.15, -0.1) is 0 Å². The highest BCUT2D eigenvalue weighted by Gasteiger charge is 2.35. The fraction of sp³-hybridized carbons (Fsp3) is 1.00. The molecule has 1 aliphatic carbocycles. The van der Waals surface area contributed by atoms with Crippen LogP contribution in [0.2, 0.25) is 0 Å². The first-order chi connectivity index (χ1) is 9.95. The van der Waals surface area contributed by atoms with Crippen LogP contribution in [0.1, 0.15) is 79.1 Å². The molecular weight excluding hydrogens is 256 g/mol. The van der Waals surface area contributed by atoms with Gasteiger partial charge in [-0.2, -0.15) is 0 Å². The standard InChI is InChI=1S/C19H38N2/c1-5-20-17(18(2,3)4)9-14-21-15-12-19(13-16-21)10-7-6-8-11-19/h17,20H,5-16H2,1-4H3. The number of hydrogen-bond donors (Lipinski definition) is 1. The Bertz CT molecular complexity index is 289. The first-order valence-corrected chi connectivity index (χ1v) is 9.41. The molecule has 1 atom stereocenters. The Kier molecular flexibility index (Phi) is 6.14. The molecule has 1 saturated carbocycles. The van der Waals surface area contributed by atoms with E-state index in [1.807, 2.05) is 0 Å². The topological polar surface area (TPSA) is 15.3 Å². The highest BCUT2D eigenvalue weighted by Crippen LogP contribution is 2.44. The summed E-state index contributed by atoms with van der Waals surface area (Å²) < 4.78 is 0. The average Bonchev–Trinajstić information content (AvgIpc) is 2.45. The lowest BCUT2D eigenvalue weighted by molar-refractivity contribution is 0.0631. The highest BCUT2D eigenvalue weighted by atomic mass is 15.1. The fourth-order valence-corrected chi connectivity index (χ4v) is 4.45. The summed E-state index contributed by atoms with van der Waals surface area (Å²) in [5, 5.41) is 3.69. The van der Waals surface area contributed by atoms with E-state index in [0.29, 0.717) is 11.5 Å². The first kappa shape index (κ1) is 17.3. The smallest absolute Gasteiger partial charge is 0.0128 e. The van der Waals surface area contributed by atoms with Crippen LogP contribution >= 0.6 is 0 Å². The van der Waals surface area contributed by atoms with Gasteiger partial charge in [0.1, 0.15) is 0 Å². The van der Waals surface area contributed by atoms with E-state index in [9.17, 15) is 0 Å². The normalized spacial score (nSPS) is 25.1. The van der Waals surface area contributed by atoms with Crippen LogP contribution in [0.4, 0.5) is 0 Å². The van der Waals surface area contributed by atoms with Crippen molar-refractivity contribution in [3.8, 4) is 0 Å². The lowest BCUT2D eigenvalue weighted by Gasteiger charge is -2.45. The number of likely N-dealkylation sites (tertiary alicyclic amines) is 1. The summed E-state index contributed by atoms with van der Waals surface area (Å²) in [6.45, 7) is 14.4. The van der Waals surface area contributed by atoms with Crippen molar-refractivity contribution in [3.63, 3.8) is 0 Å². The van der Waals surface area contributed by atoms with Gasteiger partial charge in [-0.3, -0.25) is 0 Å². The predicted octanol–water partition coefficient (Wildman–Crippen LogP) is 4.45. The number of rotatable bonds is 5. The Balaban J connectivity index is 1.75. The summed E-state index contributed by atoms with van der Waals surface area (Å²) in [6.07, 6.45) is 11.7. The van der Waals surface area contributed by atoms with E-state index in [-0.39, 0.29) is 0 Å². The zero-order valence-corrected chi connectivity index (χ0v) is 15.0. The molecule has 124 valence electrons. The summed E-state index contributed by atoms with van der Waals surface area (Å²) in [5.41, 5.74) is 1.12. The van der Waals surface area contributed by atoms with Crippen molar-refractivity contribution >= 4 is 0 Å². The second-order valence-corrected chi connectivity index (χ2v) is 8.67. The van der Waals surface area contributed by atoms with Crippen LogP contribution in [-0.4, -0.2) is 37.1 Å². The second-order valence-electron chi connectivity index (χ2n) is 8.67. The first-order valence-electron chi connectivity index (χ1n) is 9.41. The van der Waals surface area contributed by atoms with Crippen molar-refractivity contribution in [3.05, 3.63) is 0 Å². The molecule has 0 aromatic carbocycles. The van der Waals surface area contributed by atoms with Crippen molar-refractivity contribution in [2.45, 2.75) is 85.1 Å². The van der Waals surface area contributed by atoms with Crippen molar-refractivity contribution in [2.75, 3.05) is 26.2 Å². The minimum absolute atomic E-state index is 0.371. The van der Waals surface area contributed by atoms with Gasteiger partial charge in [-0.05, 0) is 69.1 Å². The summed E-state index contributed by atoms with van der Waals surface area (Å²) in [5.74, 6) is 0. The van der Waals surface area contributed by atoms with Gasteiger partial charge in [0.25, 0.3) is 0 Å². The summed E-state index contributed by atoms with van der Waals surface area (Å²) in [6, 6.07) is 0.646. The maximum atomic E-state index is 3.69. The van der Waals surface area contributed by atoms with Crippen molar-refractivity contribution < 1.29 is 0 Å². The number of piperidine rings is 1. The van der Waals surface area contributed by atoms with Crippen molar-refractivity contribution in [1.82, 2.24) is 10.2 Å². The number of nitrogens with zero attached hydrogens (tertiary/aromatic N) is 1. The molecule has 1 heterocycles. The van der Waals surface area contributed by atoms with E-state index < -0.39 is 0 Å². The van der Waals surface area contributed by atoms with Gasteiger partial charge in [-0.1, -0.05) is 47.0 Å². The molecule has 2 aliphatic rings. The van der Waals surface area contributed by atoms with Crippen LogP contribution in [0.15, 0.2) is 0 Å². The molecule has 1 spiro atoms. The molecule has 0 aromatic heterocycles. The minimum atomic E-state index is 0.371. The SMILES string of the molecule is CCNC(CCN1CCC2(CCCCC2)CC1)C(C)(C)C. The van der Waals surface area contributed by atoms with Crippen LogP contribution in [0.25, 0.3) is 0 Å². The molecule has 0 aromatic rings. The maximum Gasteiger partial charge on any atom is 0.0128 e. The fourth-order valence-electron chi connectivity index (χ4n) is 4.45. The Morgan fingerprint density at radius 1 is 1.00 bits per heavy atom. The summed E-state index contributed by atoms with van der Waals surface area (Å²) in [4.78, 5) is 2.73. The Hall–Kier alpha value is -0.0800. The van der Waals surface area contributed by atoms with E-state index >= 15 is 0 Å². The molecular formula is C19H38N2. The molecule has 1 saturated heterocycles. The van der Waals surface area contributed by atoms with Crippen LogP contribution in [0, 0.1) is 10.8 Å². The molecule has 0 amide bonds. The summed E-state index contributed by atoms with van der Waals surface area (Å²) in [7, 11) is 0. The molecule has 2 heteroatoms. The molecule has 2 fully saturated rings. The van der Waals surface area contributed by atoms with E-state index in [0.717, 1.165) is 12.0 Å². The minimum Gasteiger partial charge on any atom is -0.314 e. The van der Waals surface area contributed by atoms with Gasteiger partial charge in [0.15, 0.2) is 0 Å². The zero-order valence-electron chi connectivity index (χ0n) is 15.0. The van der Waals surface area contributed by atoms with Gasteiger partial charge in [0.05, 0.1) is 0 Å². The average molecular weight is 295 g/mol. The van der Waals surface area contributed by atoms with Crippen molar-refractivity contribution in [2.24, 2.45) is 10.8 Å². The largest absolute Gasteiger partial charge is 0.314 e. The van der Waals surface area contributed by atoms with E-state index in [1.165, 1.54) is 71.0 Å². The monoisotopic (exact) mass is 294 g/mol. The Morgan fingerprint density at radius 2 is 1.62 bits per heavy atom. The Labute approximate surface area is 133 Å². The van der Waals surface area contributed by atoms with Crippen molar-refractivity contribution in [1.29, 1.82) is 0 Å². The molecule has 2 nitrogen and oxygen atoms in total. The van der Waals surface area contributed by atoms with Gasteiger partial charge < -0.3 is 10.2 Å². The lowest BCUT2D eigenvalue weighted by atomic mass is 9.68. The quantitative estimate of drug-likeness (QED) is 0.806. The molecule has 0 bridgehead atoms. The molecule has 21 heavy (non-hydrogen) atoms. The number of nitrogens with one attached hydrogen (secondary N) is 1. The van der Waals surface area contributed by atoms with Crippen LogP contribution < -0.4 is 5.32 Å². The number of hydrogen-bond acceptors (Lipinski definition) is 2. The van der Waals surface area contributed by atoms with E-state index in [1.54, 1.807) is 0 Å². The van der Waals surface area contributed by atoms with E-state index in [2.05, 4.69) is 37.9 Å². The highest BCUT2D eigenvalue weighted by molar-refractivity contribution is 4.89. The third kappa shape index (κ3) is 4.96. The molecule has 1 unspecified atom stereocenters. The third-order valence-electron chi connectivity index (χ3n) is 6.06. The molecule has 1 aliphatic heterocycles. The maximum absolute atomic E-state index is 3.69. The molecule has 1 N–H and O–H groups in total.